The van der Waals surface area contributed by atoms with Gasteiger partial charge >= 0.3 is 0 Å². The summed E-state index contributed by atoms with van der Waals surface area (Å²) in [6, 6.07) is 18.7. The van der Waals surface area contributed by atoms with Crippen LogP contribution in [0.25, 0.3) is 6.08 Å². The van der Waals surface area contributed by atoms with Crippen LogP contribution in [0.15, 0.2) is 87.8 Å². The highest BCUT2D eigenvalue weighted by atomic mass is 35.5. The van der Waals surface area contributed by atoms with E-state index in [1.54, 1.807) is 68.6 Å². The molecule has 7 nitrogen and oxygen atoms in total. The molecule has 0 fully saturated rings. The second-order valence-electron chi connectivity index (χ2n) is 8.68. The van der Waals surface area contributed by atoms with E-state index < -0.39 is 6.04 Å². The number of nitrogens with one attached hydrogen (secondary N) is 1. The van der Waals surface area contributed by atoms with Gasteiger partial charge in [-0.2, -0.15) is 0 Å². The molecule has 2 heterocycles. The molecule has 4 aromatic rings. The maximum Gasteiger partial charge on any atom is 0.271 e. The van der Waals surface area contributed by atoms with E-state index >= 15 is 0 Å². The van der Waals surface area contributed by atoms with Crippen molar-refractivity contribution in [2.45, 2.75) is 13.0 Å². The highest BCUT2D eigenvalue weighted by Crippen LogP contribution is 2.37. The van der Waals surface area contributed by atoms with E-state index in [9.17, 15) is 9.59 Å². The van der Waals surface area contributed by atoms with Crippen molar-refractivity contribution in [3.05, 3.63) is 119 Å². The summed E-state index contributed by atoms with van der Waals surface area (Å²) in [5, 5.41) is 3.85. The van der Waals surface area contributed by atoms with Gasteiger partial charge in [-0.25, -0.2) is 4.99 Å². The third-order valence-electron chi connectivity index (χ3n) is 6.28. The lowest BCUT2D eigenvalue weighted by atomic mass is 9.94. The number of hydrogen-bond acceptors (Lipinski definition) is 6. The van der Waals surface area contributed by atoms with Crippen LogP contribution >= 0.6 is 34.5 Å². The van der Waals surface area contributed by atoms with Crippen LogP contribution in [0, 0.1) is 0 Å². The molecule has 0 saturated heterocycles. The number of allylic oxidation sites excluding steroid dienone is 1. The number of halogens is 2. The first-order valence-electron chi connectivity index (χ1n) is 11.9. The van der Waals surface area contributed by atoms with Crippen LogP contribution in [0.3, 0.4) is 0 Å². The molecule has 1 aliphatic heterocycles. The topological polar surface area (TPSA) is 81.9 Å². The van der Waals surface area contributed by atoms with Crippen LogP contribution in [0.4, 0.5) is 5.69 Å². The molecule has 0 unspecified atom stereocenters. The van der Waals surface area contributed by atoms with Gasteiger partial charge in [0.25, 0.3) is 11.5 Å². The number of carbonyl (C=O) groups is 1. The Morgan fingerprint density at radius 1 is 1.05 bits per heavy atom. The van der Waals surface area contributed by atoms with Gasteiger partial charge in [0.2, 0.25) is 0 Å². The van der Waals surface area contributed by atoms with E-state index in [0.717, 1.165) is 0 Å². The van der Waals surface area contributed by atoms with Crippen LogP contribution in [0.5, 0.6) is 11.5 Å². The van der Waals surface area contributed by atoms with Crippen molar-refractivity contribution in [3.63, 3.8) is 0 Å². The van der Waals surface area contributed by atoms with E-state index in [1.807, 2.05) is 18.2 Å². The van der Waals surface area contributed by atoms with Crippen LogP contribution in [0.2, 0.25) is 10.0 Å². The normalized spacial score (nSPS) is 15.0. The molecule has 10 heteroatoms. The zero-order valence-corrected chi connectivity index (χ0v) is 23.5. The number of hydrogen-bond donors (Lipinski definition) is 1. The lowest BCUT2D eigenvalue weighted by Crippen LogP contribution is -2.40. The Labute approximate surface area is 238 Å². The van der Waals surface area contributed by atoms with Gasteiger partial charge in [0.05, 0.1) is 30.0 Å². The van der Waals surface area contributed by atoms with Gasteiger partial charge in [0, 0.05) is 27.4 Å². The standard InChI is InChI=1S/C29H23Cl2N3O4S/c1-16-25(27(35)33-19-7-5-4-6-8-19)26(21-12-11-20(37-2)15-23(21)38-3)34-28(36)24(39-29(34)32-16)13-17-9-10-18(30)14-22(17)31/h4-15,26H,1-3H3,(H,33,35)/b24-13-/t26-/m1/s1. The molecule has 0 bridgehead atoms. The summed E-state index contributed by atoms with van der Waals surface area (Å²) in [4.78, 5) is 32.8. The third-order valence-corrected chi connectivity index (χ3v) is 7.83. The lowest BCUT2D eigenvalue weighted by molar-refractivity contribution is -0.113. The lowest BCUT2D eigenvalue weighted by Gasteiger charge is -2.26. The van der Waals surface area contributed by atoms with Crippen LogP contribution in [-0.4, -0.2) is 24.7 Å². The third kappa shape index (κ3) is 5.23. The predicted molar refractivity (Wildman–Crippen MR) is 155 cm³/mol. The molecule has 0 saturated carbocycles. The van der Waals surface area contributed by atoms with E-state index in [1.165, 1.54) is 23.0 Å². The molecule has 1 aliphatic rings. The Hall–Kier alpha value is -3.85. The molecule has 3 aromatic carbocycles. The number of ether oxygens (including phenoxy) is 2. The number of para-hydroxylation sites is 1. The summed E-state index contributed by atoms with van der Waals surface area (Å²) in [6.07, 6.45) is 1.70. The fourth-order valence-electron chi connectivity index (χ4n) is 4.43. The molecular formula is C29H23Cl2N3O4S. The highest BCUT2D eigenvalue weighted by Gasteiger charge is 2.34. The maximum atomic E-state index is 13.9. The summed E-state index contributed by atoms with van der Waals surface area (Å²) in [6.45, 7) is 1.76. The minimum absolute atomic E-state index is 0.315. The summed E-state index contributed by atoms with van der Waals surface area (Å²) in [5.74, 6) is 0.672. The molecule has 39 heavy (non-hydrogen) atoms. The van der Waals surface area contributed by atoms with Gasteiger partial charge in [0.1, 0.15) is 17.5 Å². The van der Waals surface area contributed by atoms with Crippen molar-refractivity contribution in [2.24, 2.45) is 4.99 Å². The van der Waals surface area contributed by atoms with Gasteiger partial charge in [-0.05, 0) is 55.0 Å². The van der Waals surface area contributed by atoms with Crippen LogP contribution in [-0.2, 0) is 4.79 Å². The highest BCUT2D eigenvalue weighted by molar-refractivity contribution is 7.07. The Kier molecular flexibility index (Phi) is 7.61. The number of thiazole rings is 1. The van der Waals surface area contributed by atoms with Gasteiger partial charge < -0.3 is 14.8 Å². The summed E-state index contributed by atoms with van der Waals surface area (Å²) < 4.78 is 13.0. The number of carbonyl (C=O) groups excluding carboxylic acids is 1. The van der Waals surface area contributed by atoms with Crippen molar-refractivity contribution in [1.29, 1.82) is 0 Å². The number of methoxy groups -OCH3 is 2. The second-order valence-corrected chi connectivity index (χ2v) is 10.5. The molecule has 0 aliphatic carbocycles. The Balaban J connectivity index is 1.73. The number of amides is 1. The molecule has 1 aromatic heterocycles. The van der Waals surface area contributed by atoms with E-state index in [2.05, 4.69) is 10.3 Å². The summed E-state index contributed by atoms with van der Waals surface area (Å²) in [5.41, 5.74) is 2.38. The summed E-state index contributed by atoms with van der Waals surface area (Å²) in [7, 11) is 3.09. The quantitative estimate of drug-likeness (QED) is 0.340. The number of nitrogens with zero attached hydrogens (tertiary/aromatic N) is 2. The molecule has 0 spiro atoms. The van der Waals surface area contributed by atoms with Crippen molar-refractivity contribution in [3.8, 4) is 11.5 Å². The fourth-order valence-corrected chi connectivity index (χ4v) is 5.93. The van der Waals surface area contributed by atoms with Gasteiger partial charge in [-0.15, -0.1) is 0 Å². The predicted octanol–water partition coefficient (Wildman–Crippen LogP) is 5.20. The summed E-state index contributed by atoms with van der Waals surface area (Å²) >= 11 is 13.6. The van der Waals surface area contributed by atoms with E-state index in [4.69, 9.17) is 32.7 Å². The second kappa shape index (κ2) is 11.1. The minimum Gasteiger partial charge on any atom is -0.497 e. The minimum atomic E-state index is -0.811. The number of aromatic nitrogens is 1. The Bertz CT molecular complexity index is 1800. The fraction of sp³-hybridized carbons (Fsp3) is 0.138. The van der Waals surface area contributed by atoms with Crippen molar-refractivity contribution < 1.29 is 14.3 Å². The average molecular weight is 580 g/mol. The maximum absolute atomic E-state index is 13.9. The zero-order chi connectivity index (χ0) is 27.7. The average Bonchev–Trinajstić information content (AvgIpc) is 3.23. The Morgan fingerprint density at radius 3 is 2.51 bits per heavy atom. The monoisotopic (exact) mass is 579 g/mol. The van der Waals surface area contributed by atoms with Crippen molar-refractivity contribution in [1.82, 2.24) is 4.57 Å². The molecule has 1 atom stereocenters. The number of anilines is 1. The van der Waals surface area contributed by atoms with E-state index in [-0.39, 0.29) is 11.5 Å². The molecule has 5 rings (SSSR count). The largest absolute Gasteiger partial charge is 0.497 e. The Morgan fingerprint density at radius 2 is 1.82 bits per heavy atom. The first kappa shape index (κ1) is 26.7. The molecule has 1 amide bonds. The molecule has 198 valence electrons. The number of benzene rings is 3. The van der Waals surface area contributed by atoms with Gasteiger partial charge in [-0.3, -0.25) is 14.2 Å². The van der Waals surface area contributed by atoms with Gasteiger partial charge in [-0.1, -0.05) is 58.8 Å². The smallest absolute Gasteiger partial charge is 0.271 e. The first-order chi connectivity index (χ1) is 18.8. The SMILES string of the molecule is COc1ccc([C@@H]2C(C(=O)Nc3ccccc3)=C(C)N=c3s/c(=C\c4ccc(Cl)cc4Cl)c(=O)n32)c(OC)c1. The molecular weight excluding hydrogens is 557 g/mol. The van der Waals surface area contributed by atoms with Crippen molar-refractivity contribution >= 4 is 52.2 Å². The number of rotatable bonds is 6. The first-order valence-corrected chi connectivity index (χ1v) is 13.4. The number of fused-ring (bicyclic) bond motifs is 1. The van der Waals surface area contributed by atoms with Gasteiger partial charge in [0.15, 0.2) is 4.80 Å². The van der Waals surface area contributed by atoms with Crippen LogP contribution in [0.1, 0.15) is 24.1 Å². The van der Waals surface area contributed by atoms with Crippen LogP contribution < -0.4 is 29.7 Å². The molecule has 0 radical (unpaired) electrons. The van der Waals surface area contributed by atoms with E-state index in [0.29, 0.717) is 59.0 Å². The van der Waals surface area contributed by atoms with Crippen molar-refractivity contribution in [2.75, 3.05) is 19.5 Å². The molecule has 1 N–H and O–H groups in total. The zero-order valence-electron chi connectivity index (χ0n) is 21.2.